The van der Waals surface area contributed by atoms with Gasteiger partial charge < -0.3 is 4.74 Å². The maximum Gasteiger partial charge on any atom is 0.417 e. The Morgan fingerprint density at radius 3 is 2.63 bits per heavy atom. The number of imide groups is 1. The molecule has 2 amide bonds. The van der Waals surface area contributed by atoms with E-state index in [1.165, 1.54) is 10.5 Å². The van der Waals surface area contributed by atoms with Gasteiger partial charge in [0.2, 0.25) is 5.91 Å². The Balaban J connectivity index is 2.15. The SMILES string of the molecule is CC1=CC[C@H](C(=O)N2C(=O)OC[C@@H]2C(C)(C)C)CC1. The molecular weight excluding hydrogens is 242 g/mol. The van der Waals surface area contributed by atoms with Gasteiger partial charge in [0.15, 0.2) is 0 Å². The number of cyclic esters (lactones) is 1. The van der Waals surface area contributed by atoms with Crippen LogP contribution in [0.4, 0.5) is 4.79 Å². The largest absolute Gasteiger partial charge is 0.447 e. The second-order valence-corrected chi connectivity index (χ2v) is 6.69. The first kappa shape index (κ1) is 14.1. The highest BCUT2D eigenvalue weighted by molar-refractivity contribution is 5.95. The standard InChI is InChI=1S/C15H23NO3/c1-10-5-7-11(8-6-10)13(17)16-12(15(2,3)4)9-19-14(16)18/h5,11-12H,6-9H2,1-4H3/t11-,12+/m0/s1. The van der Waals surface area contributed by atoms with Gasteiger partial charge in [-0.2, -0.15) is 0 Å². The molecule has 0 radical (unpaired) electrons. The highest BCUT2D eigenvalue weighted by Crippen LogP contribution is 2.33. The normalized spacial score (nSPS) is 28.1. The van der Waals surface area contributed by atoms with E-state index in [1.54, 1.807) is 0 Å². The van der Waals surface area contributed by atoms with Gasteiger partial charge in [-0.25, -0.2) is 9.69 Å². The molecule has 0 N–H and O–H groups in total. The van der Waals surface area contributed by atoms with Gasteiger partial charge in [-0.15, -0.1) is 0 Å². The predicted octanol–water partition coefficient (Wildman–Crippen LogP) is 3.13. The van der Waals surface area contributed by atoms with Crippen LogP contribution in [0.5, 0.6) is 0 Å². The zero-order chi connectivity index (χ0) is 14.2. The van der Waals surface area contributed by atoms with Crippen molar-refractivity contribution in [3.63, 3.8) is 0 Å². The molecule has 1 saturated heterocycles. The van der Waals surface area contributed by atoms with E-state index in [9.17, 15) is 9.59 Å². The van der Waals surface area contributed by atoms with Gasteiger partial charge in [0, 0.05) is 5.92 Å². The molecule has 1 heterocycles. The Labute approximate surface area is 114 Å². The number of hydrogen-bond acceptors (Lipinski definition) is 3. The molecule has 0 spiro atoms. The molecular formula is C15H23NO3. The second-order valence-electron chi connectivity index (χ2n) is 6.69. The van der Waals surface area contributed by atoms with Crippen LogP contribution in [0.1, 0.15) is 47.0 Å². The average Bonchev–Trinajstić information content (AvgIpc) is 2.71. The van der Waals surface area contributed by atoms with Gasteiger partial charge in [-0.3, -0.25) is 4.79 Å². The van der Waals surface area contributed by atoms with Crippen LogP contribution >= 0.6 is 0 Å². The van der Waals surface area contributed by atoms with E-state index in [0.29, 0.717) is 6.61 Å². The lowest BCUT2D eigenvalue weighted by Gasteiger charge is -2.33. The highest BCUT2D eigenvalue weighted by Gasteiger charge is 2.45. The van der Waals surface area contributed by atoms with Crippen molar-refractivity contribution in [3.8, 4) is 0 Å². The summed E-state index contributed by atoms with van der Waals surface area (Å²) in [5.74, 6) is -0.134. The zero-order valence-electron chi connectivity index (χ0n) is 12.2. The summed E-state index contributed by atoms with van der Waals surface area (Å²) < 4.78 is 5.09. The van der Waals surface area contributed by atoms with Crippen molar-refractivity contribution in [2.75, 3.05) is 6.61 Å². The maximum absolute atomic E-state index is 12.6. The van der Waals surface area contributed by atoms with Gasteiger partial charge in [-0.1, -0.05) is 32.4 Å². The van der Waals surface area contributed by atoms with Crippen molar-refractivity contribution in [1.82, 2.24) is 4.90 Å². The van der Waals surface area contributed by atoms with Gasteiger partial charge >= 0.3 is 6.09 Å². The van der Waals surface area contributed by atoms with Gasteiger partial charge in [0.1, 0.15) is 6.61 Å². The number of nitrogens with zero attached hydrogens (tertiary/aromatic N) is 1. The Bertz CT molecular complexity index is 420. The first-order chi connectivity index (χ1) is 8.80. The minimum atomic E-state index is -0.476. The second kappa shape index (κ2) is 4.99. The lowest BCUT2D eigenvalue weighted by atomic mass is 9.84. The molecule has 19 heavy (non-hydrogen) atoms. The van der Waals surface area contributed by atoms with E-state index in [0.717, 1.165) is 19.3 Å². The molecule has 0 bridgehead atoms. The van der Waals surface area contributed by atoms with Crippen LogP contribution < -0.4 is 0 Å². The van der Waals surface area contributed by atoms with Crippen molar-refractivity contribution >= 4 is 12.0 Å². The zero-order valence-corrected chi connectivity index (χ0v) is 12.2. The van der Waals surface area contributed by atoms with Crippen LogP contribution in [-0.4, -0.2) is 29.5 Å². The molecule has 1 fully saturated rings. The Hall–Kier alpha value is -1.32. The molecule has 2 rings (SSSR count). The number of rotatable bonds is 1. The molecule has 4 nitrogen and oxygen atoms in total. The van der Waals surface area contributed by atoms with Crippen LogP contribution in [0.2, 0.25) is 0 Å². The molecule has 106 valence electrons. The fourth-order valence-corrected chi connectivity index (χ4v) is 2.69. The average molecular weight is 265 g/mol. The summed E-state index contributed by atoms with van der Waals surface area (Å²) in [5, 5.41) is 0. The third-order valence-corrected chi connectivity index (χ3v) is 4.10. The van der Waals surface area contributed by atoms with E-state index in [4.69, 9.17) is 4.74 Å². The van der Waals surface area contributed by atoms with Crippen LogP contribution in [-0.2, 0) is 9.53 Å². The third kappa shape index (κ3) is 2.82. The number of amides is 2. The summed E-state index contributed by atoms with van der Waals surface area (Å²) in [6.45, 7) is 8.50. The Kier molecular flexibility index (Phi) is 3.70. The molecule has 0 aromatic rings. The topological polar surface area (TPSA) is 46.6 Å². The van der Waals surface area contributed by atoms with Crippen molar-refractivity contribution in [3.05, 3.63) is 11.6 Å². The quantitative estimate of drug-likeness (QED) is 0.684. The minimum Gasteiger partial charge on any atom is -0.447 e. The van der Waals surface area contributed by atoms with E-state index < -0.39 is 6.09 Å². The Morgan fingerprint density at radius 1 is 1.42 bits per heavy atom. The first-order valence-corrected chi connectivity index (χ1v) is 6.96. The number of allylic oxidation sites excluding steroid dienone is 2. The summed E-state index contributed by atoms with van der Waals surface area (Å²) in [6.07, 6.45) is 4.16. The van der Waals surface area contributed by atoms with E-state index >= 15 is 0 Å². The number of hydrogen-bond donors (Lipinski definition) is 0. The molecule has 0 aromatic carbocycles. The summed E-state index contributed by atoms with van der Waals surface area (Å²) in [6, 6.07) is -0.153. The third-order valence-electron chi connectivity index (χ3n) is 4.10. The van der Waals surface area contributed by atoms with Crippen molar-refractivity contribution < 1.29 is 14.3 Å². The summed E-state index contributed by atoms with van der Waals surface area (Å²) in [7, 11) is 0. The maximum atomic E-state index is 12.6. The lowest BCUT2D eigenvalue weighted by Crippen LogP contribution is -2.48. The number of ether oxygens (including phenoxy) is 1. The summed E-state index contributed by atoms with van der Waals surface area (Å²) >= 11 is 0. The fourth-order valence-electron chi connectivity index (χ4n) is 2.69. The van der Waals surface area contributed by atoms with Crippen molar-refractivity contribution in [2.24, 2.45) is 11.3 Å². The van der Waals surface area contributed by atoms with Gasteiger partial charge in [-0.05, 0) is 31.6 Å². The molecule has 0 unspecified atom stereocenters. The predicted molar refractivity (Wildman–Crippen MR) is 72.5 cm³/mol. The molecule has 4 heteroatoms. The molecule has 2 atom stereocenters. The van der Waals surface area contributed by atoms with Gasteiger partial charge in [0.05, 0.1) is 6.04 Å². The van der Waals surface area contributed by atoms with Gasteiger partial charge in [0.25, 0.3) is 0 Å². The number of carbonyl (C=O) groups is 2. The smallest absolute Gasteiger partial charge is 0.417 e. The van der Waals surface area contributed by atoms with Crippen LogP contribution in [0.15, 0.2) is 11.6 Å². The first-order valence-electron chi connectivity index (χ1n) is 6.96. The number of carbonyl (C=O) groups excluding carboxylic acids is 2. The van der Waals surface area contributed by atoms with E-state index in [1.807, 2.05) is 20.8 Å². The van der Waals surface area contributed by atoms with Crippen LogP contribution in [0.25, 0.3) is 0 Å². The van der Waals surface area contributed by atoms with Crippen LogP contribution in [0.3, 0.4) is 0 Å². The monoisotopic (exact) mass is 265 g/mol. The van der Waals surface area contributed by atoms with E-state index in [-0.39, 0.29) is 23.3 Å². The summed E-state index contributed by atoms with van der Waals surface area (Å²) in [4.78, 5) is 25.8. The van der Waals surface area contributed by atoms with Crippen LogP contribution in [0, 0.1) is 11.3 Å². The fraction of sp³-hybridized carbons (Fsp3) is 0.733. The lowest BCUT2D eigenvalue weighted by molar-refractivity contribution is -0.135. The molecule has 2 aliphatic rings. The van der Waals surface area contributed by atoms with Crippen molar-refractivity contribution in [2.45, 2.75) is 53.0 Å². The summed E-state index contributed by atoms with van der Waals surface area (Å²) in [5.41, 5.74) is 1.18. The van der Waals surface area contributed by atoms with E-state index in [2.05, 4.69) is 13.0 Å². The molecule has 0 aromatic heterocycles. The van der Waals surface area contributed by atoms with Crippen molar-refractivity contribution in [1.29, 1.82) is 0 Å². The molecule has 1 aliphatic carbocycles. The Morgan fingerprint density at radius 2 is 2.11 bits per heavy atom. The molecule has 0 saturated carbocycles. The minimum absolute atomic E-state index is 0.0637. The molecule has 1 aliphatic heterocycles. The highest BCUT2D eigenvalue weighted by atomic mass is 16.6.